The minimum atomic E-state index is 0.352. The molecule has 0 spiro atoms. The van der Waals surface area contributed by atoms with Gasteiger partial charge in [-0.1, -0.05) is 121 Å². The van der Waals surface area contributed by atoms with Crippen LogP contribution in [0.15, 0.2) is 0 Å². The molecule has 0 saturated carbocycles. The predicted molar refractivity (Wildman–Crippen MR) is 120 cm³/mol. The van der Waals surface area contributed by atoms with Gasteiger partial charge in [0.05, 0.1) is 0 Å². The van der Waals surface area contributed by atoms with Crippen molar-refractivity contribution in [3.63, 3.8) is 0 Å². The first-order chi connectivity index (χ1) is 11.0. The summed E-state index contributed by atoms with van der Waals surface area (Å²) in [6.07, 6.45) is 4.16. The minimum Gasteiger partial charge on any atom is -0.0864 e. The quantitative estimate of drug-likeness (QED) is 0.428. The fraction of sp³-hybridized carbons (Fsp3) is 1.00. The van der Waals surface area contributed by atoms with Crippen molar-refractivity contribution in [1.82, 2.24) is 0 Å². The van der Waals surface area contributed by atoms with E-state index in [0.717, 1.165) is 31.0 Å². The molecule has 0 bridgehead atoms. The Bertz CT molecular complexity index is 425. The number of hydrogen-bond donors (Lipinski definition) is 0. The van der Waals surface area contributed by atoms with E-state index in [0.29, 0.717) is 21.7 Å². The molecule has 1 heterocycles. The highest BCUT2D eigenvalue weighted by Gasteiger charge is 2.52. The maximum absolute atomic E-state index is 2.56. The standard InChI is InChI=1S/C23H48B2/c1-17(2)19(25-14-21(8,9)22(10,11)15-25)24(13)16-23(12,18(3)4)20(5,6)7/h17-19H,14-16H2,1-13H3. The predicted octanol–water partition coefficient (Wildman–Crippen LogP) is 7.95. The normalized spacial score (nSPS) is 23.9. The molecule has 1 aliphatic heterocycles. The summed E-state index contributed by atoms with van der Waals surface area (Å²) in [5.41, 5.74) is 2.53. The third-order valence-electron chi connectivity index (χ3n) is 9.08. The van der Waals surface area contributed by atoms with Gasteiger partial charge in [-0.25, -0.2) is 0 Å². The Morgan fingerprint density at radius 2 is 1.28 bits per heavy atom. The summed E-state index contributed by atoms with van der Waals surface area (Å²) < 4.78 is 0. The lowest BCUT2D eigenvalue weighted by Gasteiger charge is -2.48. The summed E-state index contributed by atoms with van der Waals surface area (Å²) in [7, 11) is 0. The second-order valence-electron chi connectivity index (χ2n) is 12.8. The van der Waals surface area contributed by atoms with Crippen molar-refractivity contribution in [2.45, 2.75) is 115 Å². The van der Waals surface area contributed by atoms with Crippen LogP contribution >= 0.6 is 0 Å². The molecule has 0 aliphatic carbocycles. The molecule has 1 saturated heterocycles. The first-order valence-electron chi connectivity index (χ1n) is 11.0. The number of hydrogen-bond acceptors (Lipinski definition) is 0. The molecule has 25 heavy (non-hydrogen) atoms. The second-order valence-corrected chi connectivity index (χ2v) is 12.8. The Morgan fingerprint density at radius 1 is 0.880 bits per heavy atom. The van der Waals surface area contributed by atoms with E-state index >= 15 is 0 Å². The van der Waals surface area contributed by atoms with Crippen molar-refractivity contribution < 1.29 is 0 Å². The van der Waals surface area contributed by atoms with E-state index in [2.05, 4.69) is 89.9 Å². The van der Waals surface area contributed by atoms with Gasteiger partial charge in [0.1, 0.15) is 13.4 Å². The summed E-state index contributed by atoms with van der Waals surface area (Å²) in [6.45, 7) is 34.0. The summed E-state index contributed by atoms with van der Waals surface area (Å²) in [5.74, 6) is 1.50. The monoisotopic (exact) mass is 346 g/mol. The maximum Gasteiger partial charge on any atom is 0.137 e. The average Bonchev–Trinajstić information content (AvgIpc) is 2.55. The second kappa shape index (κ2) is 7.27. The largest absolute Gasteiger partial charge is 0.137 e. The van der Waals surface area contributed by atoms with E-state index in [1.54, 1.807) is 0 Å². The average molecular weight is 346 g/mol. The summed E-state index contributed by atoms with van der Waals surface area (Å²) in [6, 6.07) is 0. The maximum atomic E-state index is 2.56. The van der Waals surface area contributed by atoms with Crippen LogP contribution in [0.4, 0.5) is 0 Å². The molecular weight excluding hydrogens is 298 g/mol. The van der Waals surface area contributed by atoms with Crippen LogP contribution in [0, 0.1) is 33.5 Å². The Labute approximate surface area is 161 Å². The fourth-order valence-corrected chi connectivity index (χ4v) is 6.09. The van der Waals surface area contributed by atoms with Gasteiger partial charge in [-0.2, -0.15) is 0 Å². The van der Waals surface area contributed by atoms with Crippen LogP contribution in [0.1, 0.15) is 83.1 Å². The van der Waals surface area contributed by atoms with Crippen molar-refractivity contribution in [3.05, 3.63) is 0 Å². The van der Waals surface area contributed by atoms with Gasteiger partial charge in [-0.05, 0) is 27.6 Å². The van der Waals surface area contributed by atoms with Gasteiger partial charge in [-0.15, -0.1) is 0 Å². The third-order valence-corrected chi connectivity index (χ3v) is 9.08. The van der Waals surface area contributed by atoms with Crippen LogP contribution in [0.25, 0.3) is 0 Å². The Hall–Kier alpha value is 0.130. The lowest BCUT2D eigenvalue weighted by atomic mass is 9.17. The lowest BCUT2D eigenvalue weighted by molar-refractivity contribution is 0.0725. The highest BCUT2D eigenvalue weighted by molar-refractivity contribution is 6.80. The molecule has 2 unspecified atom stereocenters. The van der Waals surface area contributed by atoms with Gasteiger partial charge in [-0.3, -0.25) is 0 Å². The molecule has 1 fully saturated rings. The SMILES string of the molecule is CB(CC(C)(C(C)C)C(C)(C)C)C(B1CC(C)(C)C(C)(C)C1)C(C)C. The van der Waals surface area contributed by atoms with Crippen molar-refractivity contribution >= 4 is 13.4 Å². The van der Waals surface area contributed by atoms with Gasteiger partial charge in [0.2, 0.25) is 0 Å². The summed E-state index contributed by atoms with van der Waals surface area (Å²) in [5, 5.41) is 0. The van der Waals surface area contributed by atoms with Crippen molar-refractivity contribution in [2.24, 2.45) is 33.5 Å². The summed E-state index contributed by atoms with van der Waals surface area (Å²) >= 11 is 0. The highest BCUT2D eigenvalue weighted by atomic mass is 14.4. The molecule has 0 amide bonds. The minimum absolute atomic E-state index is 0.352. The van der Waals surface area contributed by atoms with E-state index in [1.165, 1.54) is 19.0 Å². The zero-order valence-electron chi connectivity index (χ0n) is 20.0. The molecule has 1 rings (SSSR count). The van der Waals surface area contributed by atoms with E-state index in [4.69, 9.17) is 0 Å². The van der Waals surface area contributed by atoms with E-state index in [9.17, 15) is 0 Å². The van der Waals surface area contributed by atoms with Gasteiger partial charge in [0, 0.05) is 0 Å². The van der Waals surface area contributed by atoms with E-state index in [1.807, 2.05) is 0 Å². The third kappa shape index (κ3) is 4.52. The van der Waals surface area contributed by atoms with Crippen LogP contribution in [-0.2, 0) is 0 Å². The van der Waals surface area contributed by atoms with Gasteiger partial charge in [0.25, 0.3) is 0 Å². The van der Waals surface area contributed by atoms with Gasteiger partial charge < -0.3 is 0 Å². The van der Waals surface area contributed by atoms with Crippen LogP contribution in [0.5, 0.6) is 0 Å². The molecular formula is C23H48B2. The zero-order chi connectivity index (χ0) is 20.0. The van der Waals surface area contributed by atoms with Gasteiger partial charge in [0.15, 0.2) is 0 Å². The van der Waals surface area contributed by atoms with E-state index < -0.39 is 0 Å². The van der Waals surface area contributed by atoms with Crippen LogP contribution in [0.2, 0.25) is 31.5 Å². The molecule has 1 aliphatic rings. The highest BCUT2D eigenvalue weighted by Crippen LogP contribution is 2.57. The van der Waals surface area contributed by atoms with Crippen molar-refractivity contribution in [2.75, 3.05) is 0 Å². The summed E-state index contributed by atoms with van der Waals surface area (Å²) in [4.78, 5) is 0. The first-order valence-corrected chi connectivity index (χ1v) is 11.0. The van der Waals surface area contributed by atoms with E-state index in [-0.39, 0.29) is 0 Å². The molecule has 0 aromatic heterocycles. The Morgan fingerprint density at radius 3 is 1.56 bits per heavy atom. The molecule has 2 heteroatoms. The van der Waals surface area contributed by atoms with Gasteiger partial charge >= 0.3 is 0 Å². The Balaban J connectivity index is 3.08. The Kier molecular flexibility index (Phi) is 6.74. The molecule has 146 valence electrons. The van der Waals surface area contributed by atoms with Crippen LogP contribution < -0.4 is 0 Å². The molecule has 0 radical (unpaired) electrons. The molecule has 0 aromatic carbocycles. The fourth-order valence-electron chi connectivity index (χ4n) is 6.09. The number of rotatable bonds is 6. The lowest BCUT2D eigenvalue weighted by Crippen LogP contribution is -2.44. The zero-order valence-corrected chi connectivity index (χ0v) is 20.0. The van der Waals surface area contributed by atoms with Crippen molar-refractivity contribution in [3.8, 4) is 0 Å². The first kappa shape index (κ1) is 23.2. The molecule has 0 nitrogen and oxygen atoms in total. The van der Waals surface area contributed by atoms with Crippen LogP contribution in [0.3, 0.4) is 0 Å². The topological polar surface area (TPSA) is 0 Å². The van der Waals surface area contributed by atoms with Crippen molar-refractivity contribution in [1.29, 1.82) is 0 Å². The molecule has 0 N–H and O–H groups in total. The molecule has 2 atom stereocenters. The molecule has 0 aromatic rings. The van der Waals surface area contributed by atoms with Crippen LogP contribution in [-0.4, -0.2) is 13.4 Å². The smallest absolute Gasteiger partial charge is 0.0864 e.